The summed E-state index contributed by atoms with van der Waals surface area (Å²) in [5.41, 5.74) is 5.96. The first-order valence-corrected chi connectivity index (χ1v) is 16.6. The molecule has 3 aliphatic heterocycles. The highest BCUT2D eigenvalue weighted by atomic mass is 16.5. The number of hydrazine groups is 1. The fourth-order valence-corrected chi connectivity index (χ4v) is 7.59. The standard InChI is InChI=1S/C35H40N8O4/c1-38-20-25(19-31(34(38)45)43(32-8-4-5-10-36-32)40-14-12-39(13-15-40)26-22-47-23-26)33-27(21-44)29(9-11-37-33)42-17-16-41-28-7-3-2-6-24(28)18-30(41)35(42)46/h4-5,8-11,18-20,26,44H,2-3,6-7,12-17,21-23H2,1H3. The third kappa shape index (κ3) is 5.25. The molecule has 0 spiro atoms. The maximum absolute atomic E-state index is 13.9. The van der Waals surface area contributed by atoms with E-state index in [-0.39, 0.29) is 18.1 Å². The Bertz CT molecular complexity index is 1860. The first-order valence-electron chi connectivity index (χ1n) is 16.6. The molecular weight excluding hydrogens is 596 g/mol. The lowest BCUT2D eigenvalue weighted by Crippen LogP contribution is -2.59. The molecule has 4 aromatic heterocycles. The Morgan fingerprint density at radius 1 is 0.957 bits per heavy atom. The van der Waals surface area contributed by atoms with Crippen molar-refractivity contribution in [3.63, 3.8) is 0 Å². The quantitative estimate of drug-likeness (QED) is 0.327. The number of fused-ring (bicyclic) bond motifs is 3. The summed E-state index contributed by atoms with van der Waals surface area (Å²) in [5, 5.41) is 14.9. The second-order valence-corrected chi connectivity index (χ2v) is 12.8. The maximum atomic E-state index is 13.9. The smallest absolute Gasteiger partial charge is 0.275 e. The van der Waals surface area contributed by atoms with Crippen LogP contribution in [0, 0.1) is 0 Å². The number of carbonyl (C=O) groups is 1. The van der Waals surface area contributed by atoms with Crippen molar-refractivity contribution in [2.75, 3.05) is 55.8 Å². The highest BCUT2D eigenvalue weighted by molar-refractivity contribution is 6.07. The number of aliphatic hydroxyl groups excluding tert-OH is 1. The lowest BCUT2D eigenvalue weighted by atomic mass is 9.98. The van der Waals surface area contributed by atoms with E-state index in [0.717, 1.165) is 65.1 Å². The molecule has 0 saturated carbocycles. The third-order valence-corrected chi connectivity index (χ3v) is 10.1. The van der Waals surface area contributed by atoms with Gasteiger partial charge in [-0.25, -0.2) is 9.99 Å². The Hall–Kier alpha value is -4.36. The van der Waals surface area contributed by atoms with Gasteiger partial charge in [0.25, 0.3) is 11.5 Å². The van der Waals surface area contributed by atoms with Gasteiger partial charge in [0.15, 0.2) is 0 Å². The number of pyridine rings is 3. The Morgan fingerprint density at radius 2 is 1.79 bits per heavy atom. The van der Waals surface area contributed by atoms with Crippen LogP contribution in [0.5, 0.6) is 0 Å². The highest BCUT2D eigenvalue weighted by Crippen LogP contribution is 2.35. The van der Waals surface area contributed by atoms with Gasteiger partial charge in [-0.05, 0) is 61.6 Å². The average molecular weight is 637 g/mol. The number of anilines is 3. The molecule has 4 aromatic rings. The SMILES string of the molecule is Cn1cc(-c2nccc(N3CCn4c(cc5c4CCCC5)C3=O)c2CO)cc(N(c2ccccn2)N2CCN(C3COC3)CC2)c1=O. The number of amides is 1. The summed E-state index contributed by atoms with van der Waals surface area (Å²) in [6, 6.07) is 11.9. The molecule has 0 atom stereocenters. The minimum Gasteiger partial charge on any atom is -0.392 e. The molecule has 4 aliphatic rings. The van der Waals surface area contributed by atoms with E-state index in [1.165, 1.54) is 11.3 Å². The van der Waals surface area contributed by atoms with Crippen molar-refractivity contribution in [1.82, 2.24) is 29.0 Å². The van der Waals surface area contributed by atoms with Crippen LogP contribution in [-0.2, 0) is 37.8 Å². The van der Waals surface area contributed by atoms with Crippen molar-refractivity contribution in [1.29, 1.82) is 0 Å². The predicted octanol–water partition coefficient (Wildman–Crippen LogP) is 2.74. The molecule has 1 N–H and O–H groups in total. The van der Waals surface area contributed by atoms with E-state index in [0.29, 0.717) is 58.8 Å². The molecule has 0 aromatic carbocycles. The molecule has 7 heterocycles. The van der Waals surface area contributed by atoms with Crippen LogP contribution in [0.3, 0.4) is 0 Å². The molecule has 0 unspecified atom stereocenters. The van der Waals surface area contributed by atoms with Crippen LogP contribution in [0.25, 0.3) is 11.3 Å². The van der Waals surface area contributed by atoms with Gasteiger partial charge < -0.3 is 23.9 Å². The Balaban J connectivity index is 1.17. The van der Waals surface area contributed by atoms with E-state index >= 15 is 0 Å². The third-order valence-electron chi connectivity index (χ3n) is 10.1. The number of rotatable bonds is 7. The van der Waals surface area contributed by atoms with Crippen molar-refractivity contribution < 1.29 is 14.6 Å². The van der Waals surface area contributed by atoms with Crippen LogP contribution in [-0.4, -0.2) is 92.0 Å². The molecule has 12 heteroatoms. The first-order chi connectivity index (χ1) is 23.0. The van der Waals surface area contributed by atoms with Gasteiger partial charge in [0.1, 0.15) is 17.2 Å². The Labute approximate surface area is 273 Å². The molecule has 1 aliphatic carbocycles. The zero-order valence-electron chi connectivity index (χ0n) is 26.7. The van der Waals surface area contributed by atoms with Crippen LogP contribution in [0.2, 0.25) is 0 Å². The van der Waals surface area contributed by atoms with Crippen molar-refractivity contribution in [3.8, 4) is 11.3 Å². The molecule has 0 radical (unpaired) electrons. The average Bonchev–Trinajstić information content (AvgIpc) is 3.47. The molecule has 2 fully saturated rings. The monoisotopic (exact) mass is 636 g/mol. The topological polar surface area (TPSA) is 112 Å². The van der Waals surface area contributed by atoms with Crippen molar-refractivity contribution in [2.24, 2.45) is 7.05 Å². The number of aromatic nitrogens is 4. The minimum absolute atomic E-state index is 0.0624. The van der Waals surface area contributed by atoms with Crippen LogP contribution in [0.1, 0.15) is 40.2 Å². The molecule has 0 bridgehead atoms. The van der Waals surface area contributed by atoms with Crippen LogP contribution in [0.15, 0.2) is 59.8 Å². The highest BCUT2D eigenvalue weighted by Gasteiger charge is 2.34. The lowest BCUT2D eigenvalue weighted by molar-refractivity contribution is -0.0769. The second kappa shape index (κ2) is 12.3. The van der Waals surface area contributed by atoms with Gasteiger partial charge >= 0.3 is 0 Å². The number of ether oxygens (including phenoxy) is 1. The summed E-state index contributed by atoms with van der Waals surface area (Å²) in [5.74, 6) is 0.587. The van der Waals surface area contributed by atoms with E-state index in [1.807, 2.05) is 29.3 Å². The van der Waals surface area contributed by atoms with Crippen LogP contribution in [0.4, 0.5) is 17.2 Å². The minimum atomic E-state index is -0.311. The fourth-order valence-electron chi connectivity index (χ4n) is 7.59. The van der Waals surface area contributed by atoms with E-state index in [9.17, 15) is 14.7 Å². The van der Waals surface area contributed by atoms with Crippen LogP contribution < -0.4 is 15.5 Å². The number of hydrogen-bond donors (Lipinski definition) is 1. The van der Waals surface area contributed by atoms with Gasteiger partial charge in [0.2, 0.25) is 0 Å². The molecule has 2 saturated heterocycles. The number of hydrogen-bond acceptors (Lipinski definition) is 9. The molecular formula is C35H40N8O4. The Morgan fingerprint density at radius 3 is 2.53 bits per heavy atom. The van der Waals surface area contributed by atoms with Gasteiger partial charge in [-0.3, -0.25) is 24.5 Å². The van der Waals surface area contributed by atoms with Gasteiger partial charge in [-0.2, -0.15) is 0 Å². The van der Waals surface area contributed by atoms with Crippen LogP contribution >= 0.6 is 0 Å². The molecule has 1 amide bonds. The molecule has 8 rings (SSSR count). The first kappa shape index (κ1) is 30.0. The van der Waals surface area contributed by atoms with Gasteiger partial charge in [-0.1, -0.05) is 6.07 Å². The lowest BCUT2D eigenvalue weighted by Gasteiger charge is -2.45. The number of carbonyl (C=O) groups excluding carboxylic acids is 1. The zero-order valence-corrected chi connectivity index (χ0v) is 26.7. The summed E-state index contributed by atoms with van der Waals surface area (Å²) >= 11 is 0. The van der Waals surface area contributed by atoms with Crippen molar-refractivity contribution in [2.45, 2.75) is 44.9 Å². The van der Waals surface area contributed by atoms with Gasteiger partial charge in [0, 0.05) is 81.7 Å². The number of nitrogens with zero attached hydrogens (tertiary/aromatic N) is 8. The van der Waals surface area contributed by atoms with Crippen molar-refractivity contribution in [3.05, 3.63) is 87.9 Å². The summed E-state index contributed by atoms with van der Waals surface area (Å²) in [4.78, 5) is 41.4. The molecule has 12 nitrogen and oxygen atoms in total. The number of piperazine rings is 1. The Kier molecular flexibility index (Phi) is 7.88. The number of aryl methyl sites for hydroxylation is 2. The van der Waals surface area contributed by atoms with Gasteiger partial charge in [-0.15, -0.1) is 0 Å². The maximum Gasteiger partial charge on any atom is 0.275 e. The summed E-state index contributed by atoms with van der Waals surface area (Å²) in [6.45, 7) is 5.59. The van der Waals surface area contributed by atoms with E-state index in [1.54, 1.807) is 41.2 Å². The number of aliphatic hydroxyl groups is 1. The fraction of sp³-hybridized carbons (Fsp3) is 0.429. The van der Waals surface area contributed by atoms with E-state index in [4.69, 9.17) is 9.72 Å². The molecule has 47 heavy (non-hydrogen) atoms. The van der Waals surface area contributed by atoms with E-state index < -0.39 is 0 Å². The normalized spacial score (nSPS) is 18.9. The second-order valence-electron chi connectivity index (χ2n) is 12.8. The molecule has 244 valence electrons. The predicted molar refractivity (Wildman–Crippen MR) is 178 cm³/mol. The largest absolute Gasteiger partial charge is 0.392 e. The summed E-state index contributed by atoms with van der Waals surface area (Å²) in [7, 11) is 1.73. The van der Waals surface area contributed by atoms with Gasteiger partial charge in [0.05, 0.1) is 37.2 Å². The summed E-state index contributed by atoms with van der Waals surface area (Å²) < 4.78 is 9.17. The van der Waals surface area contributed by atoms with E-state index in [2.05, 4.69) is 25.5 Å². The zero-order chi connectivity index (χ0) is 32.1. The summed E-state index contributed by atoms with van der Waals surface area (Å²) in [6.07, 6.45) is 9.50. The van der Waals surface area contributed by atoms with Crippen molar-refractivity contribution >= 4 is 23.1 Å².